The SMILES string of the molecule is CC1C[C@H](N)c2ccc(F)c(F)c2CS1. The van der Waals surface area contributed by atoms with Gasteiger partial charge in [-0.05, 0) is 18.1 Å². The van der Waals surface area contributed by atoms with Crippen molar-refractivity contribution in [2.24, 2.45) is 5.73 Å². The standard InChI is InChI=1S/C11H13F2NS/c1-6-4-10(14)7-2-3-9(12)11(13)8(7)5-15-6/h2-3,6,10H,4-5,14H2,1H3/t6?,10-/m0/s1. The summed E-state index contributed by atoms with van der Waals surface area (Å²) in [6.07, 6.45) is 0.808. The van der Waals surface area contributed by atoms with Crippen molar-refractivity contribution in [3.63, 3.8) is 0 Å². The van der Waals surface area contributed by atoms with Crippen molar-refractivity contribution in [2.75, 3.05) is 0 Å². The summed E-state index contributed by atoms with van der Waals surface area (Å²) < 4.78 is 26.6. The van der Waals surface area contributed by atoms with Gasteiger partial charge in [-0.15, -0.1) is 0 Å². The highest BCUT2D eigenvalue weighted by atomic mass is 32.2. The van der Waals surface area contributed by atoms with Gasteiger partial charge in [-0.25, -0.2) is 8.78 Å². The van der Waals surface area contributed by atoms with Crippen LogP contribution in [0, 0.1) is 11.6 Å². The Morgan fingerprint density at radius 1 is 1.40 bits per heavy atom. The van der Waals surface area contributed by atoms with Crippen molar-refractivity contribution >= 4 is 11.8 Å². The van der Waals surface area contributed by atoms with Crippen LogP contribution in [0.2, 0.25) is 0 Å². The molecule has 1 heterocycles. The molecule has 1 aliphatic rings. The maximum absolute atomic E-state index is 13.5. The molecule has 0 saturated carbocycles. The van der Waals surface area contributed by atoms with Gasteiger partial charge in [-0.2, -0.15) is 11.8 Å². The van der Waals surface area contributed by atoms with Gasteiger partial charge in [0, 0.05) is 22.6 Å². The summed E-state index contributed by atoms with van der Waals surface area (Å²) in [6.45, 7) is 2.06. The fraction of sp³-hybridized carbons (Fsp3) is 0.455. The predicted octanol–water partition coefficient (Wildman–Crippen LogP) is 2.99. The molecular weight excluding hydrogens is 216 g/mol. The van der Waals surface area contributed by atoms with Gasteiger partial charge in [0.05, 0.1) is 0 Å². The first kappa shape index (κ1) is 10.9. The van der Waals surface area contributed by atoms with Crippen molar-refractivity contribution in [1.82, 2.24) is 0 Å². The number of halogens is 2. The third-order valence-electron chi connectivity index (χ3n) is 2.73. The Hall–Kier alpha value is -0.610. The molecule has 0 bridgehead atoms. The van der Waals surface area contributed by atoms with Crippen LogP contribution in [0.15, 0.2) is 12.1 Å². The molecule has 1 nitrogen and oxygen atoms in total. The lowest BCUT2D eigenvalue weighted by molar-refractivity contribution is 0.498. The summed E-state index contributed by atoms with van der Waals surface area (Å²) in [6, 6.07) is 2.59. The average Bonchev–Trinajstić information content (AvgIpc) is 2.32. The van der Waals surface area contributed by atoms with Gasteiger partial charge in [0.25, 0.3) is 0 Å². The minimum atomic E-state index is -0.781. The van der Waals surface area contributed by atoms with Gasteiger partial charge in [0.2, 0.25) is 0 Å². The Labute approximate surface area is 92.0 Å². The minimum Gasteiger partial charge on any atom is -0.324 e. The van der Waals surface area contributed by atoms with Crippen molar-refractivity contribution in [2.45, 2.75) is 30.4 Å². The number of benzene rings is 1. The topological polar surface area (TPSA) is 26.0 Å². The van der Waals surface area contributed by atoms with Gasteiger partial charge in [-0.1, -0.05) is 13.0 Å². The van der Waals surface area contributed by atoms with Crippen molar-refractivity contribution in [3.8, 4) is 0 Å². The van der Waals surface area contributed by atoms with E-state index < -0.39 is 11.6 Å². The minimum absolute atomic E-state index is 0.180. The molecule has 82 valence electrons. The van der Waals surface area contributed by atoms with E-state index >= 15 is 0 Å². The second kappa shape index (κ2) is 4.10. The summed E-state index contributed by atoms with van der Waals surface area (Å²) in [5, 5.41) is 0.384. The van der Waals surface area contributed by atoms with Crippen LogP contribution in [0.4, 0.5) is 8.78 Å². The molecule has 0 radical (unpaired) electrons. The number of rotatable bonds is 0. The number of hydrogen-bond donors (Lipinski definition) is 1. The van der Waals surface area contributed by atoms with Crippen molar-refractivity contribution < 1.29 is 8.78 Å². The van der Waals surface area contributed by atoms with Gasteiger partial charge in [-0.3, -0.25) is 0 Å². The summed E-state index contributed by atoms with van der Waals surface area (Å²) in [5.74, 6) is -1.01. The molecule has 15 heavy (non-hydrogen) atoms. The lowest BCUT2D eigenvalue weighted by atomic mass is 9.98. The fourth-order valence-corrected chi connectivity index (χ4v) is 2.97. The van der Waals surface area contributed by atoms with Crippen LogP contribution in [-0.4, -0.2) is 5.25 Å². The van der Waals surface area contributed by atoms with Gasteiger partial charge in [0.15, 0.2) is 11.6 Å². The highest BCUT2D eigenvalue weighted by molar-refractivity contribution is 7.99. The van der Waals surface area contributed by atoms with Crippen LogP contribution in [0.5, 0.6) is 0 Å². The van der Waals surface area contributed by atoms with E-state index in [-0.39, 0.29) is 6.04 Å². The van der Waals surface area contributed by atoms with E-state index in [0.717, 1.165) is 18.1 Å². The van der Waals surface area contributed by atoms with Crippen LogP contribution in [0.1, 0.15) is 30.5 Å². The van der Waals surface area contributed by atoms with Crippen molar-refractivity contribution in [3.05, 3.63) is 34.9 Å². The Kier molecular flexibility index (Phi) is 2.98. The third kappa shape index (κ3) is 2.01. The van der Waals surface area contributed by atoms with Crippen LogP contribution in [0.25, 0.3) is 0 Å². The fourth-order valence-electron chi connectivity index (χ4n) is 1.88. The molecule has 0 spiro atoms. The zero-order valence-corrected chi connectivity index (χ0v) is 9.28. The molecule has 0 saturated heterocycles. The lowest BCUT2D eigenvalue weighted by Gasteiger charge is -2.13. The largest absolute Gasteiger partial charge is 0.324 e. The molecular formula is C11H13F2NS. The smallest absolute Gasteiger partial charge is 0.163 e. The Morgan fingerprint density at radius 3 is 2.87 bits per heavy atom. The van der Waals surface area contributed by atoms with Crippen LogP contribution in [-0.2, 0) is 5.75 Å². The van der Waals surface area contributed by atoms with E-state index in [1.807, 2.05) is 0 Å². The highest BCUT2D eigenvalue weighted by Gasteiger charge is 2.23. The number of nitrogens with two attached hydrogens (primary N) is 1. The van der Waals surface area contributed by atoms with E-state index in [1.54, 1.807) is 17.8 Å². The molecule has 0 aromatic heterocycles. The van der Waals surface area contributed by atoms with E-state index in [4.69, 9.17) is 5.73 Å². The monoisotopic (exact) mass is 229 g/mol. The molecule has 0 aliphatic carbocycles. The molecule has 0 amide bonds. The molecule has 1 unspecified atom stereocenters. The molecule has 2 N–H and O–H groups in total. The van der Waals surface area contributed by atoms with Crippen LogP contribution in [0.3, 0.4) is 0 Å². The second-order valence-electron chi connectivity index (χ2n) is 3.89. The Morgan fingerprint density at radius 2 is 2.13 bits per heavy atom. The predicted molar refractivity (Wildman–Crippen MR) is 58.7 cm³/mol. The summed E-state index contributed by atoms with van der Waals surface area (Å²) in [4.78, 5) is 0. The molecule has 2 rings (SSSR count). The van der Waals surface area contributed by atoms with E-state index in [2.05, 4.69) is 6.92 Å². The zero-order valence-electron chi connectivity index (χ0n) is 8.47. The van der Waals surface area contributed by atoms with Crippen LogP contribution < -0.4 is 5.73 Å². The third-order valence-corrected chi connectivity index (χ3v) is 3.95. The summed E-state index contributed by atoms with van der Waals surface area (Å²) >= 11 is 1.62. The van der Waals surface area contributed by atoms with Crippen molar-refractivity contribution in [1.29, 1.82) is 0 Å². The maximum atomic E-state index is 13.5. The summed E-state index contributed by atoms with van der Waals surface area (Å²) in [5.41, 5.74) is 7.15. The first-order valence-electron chi connectivity index (χ1n) is 4.93. The molecule has 1 aromatic carbocycles. The Balaban J connectivity index is 2.48. The zero-order chi connectivity index (χ0) is 11.0. The normalized spacial score (nSPS) is 25.9. The van der Waals surface area contributed by atoms with Crippen LogP contribution >= 0.6 is 11.8 Å². The highest BCUT2D eigenvalue weighted by Crippen LogP contribution is 2.35. The number of thioether (sulfide) groups is 1. The second-order valence-corrected chi connectivity index (χ2v) is 5.32. The maximum Gasteiger partial charge on any atom is 0.163 e. The molecule has 1 aromatic rings. The van der Waals surface area contributed by atoms with Gasteiger partial charge < -0.3 is 5.73 Å². The molecule has 0 fully saturated rings. The molecule has 4 heteroatoms. The van der Waals surface area contributed by atoms with E-state index in [0.29, 0.717) is 16.6 Å². The van der Waals surface area contributed by atoms with Gasteiger partial charge >= 0.3 is 0 Å². The first-order valence-corrected chi connectivity index (χ1v) is 5.98. The quantitative estimate of drug-likeness (QED) is 0.740. The molecule has 1 aliphatic heterocycles. The first-order chi connectivity index (χ1) is 7.09. The number of hydrogen-bond acceptors (Lipinski definition) is 2. The molecule has 2 atom stereocenters. The number of fused-ring (bicyclic) bond motifs is 1. The van der Waals surface area contributed by atoms with E-state index in [9.17, 15) is 8.78 Å². The lowest BCUT2D eigenvalue weighted by Crippen LogP contribution is -2.14. The Bertz CT molecular complexity index is 381. The summed E-state index contributed by atoms with van der Waals surface area (Å²) in [7, 11) is 0. The average molecular weight is 229 g/mol. The van der Waals surface area contributed by atoms with Gasteiger partial charge in [0.1, 0.15) is 0 Å². The van der Waals surface area contributed by atoms with E-state index in [1.165, 1.54) is 0 Å².